The van der Waals surface area contributed by atoms with E-state index in [2.05, 4.69) is 4.98 Å². The van der Waals surface area contributed by atoms with Crippen LogP contribution >= 0.6 is 23.5 Å². The van der Waals surface area contributed by atoms with Crippen molar-refractivity contribution >= 4 is 46.3 Å². The van der Waals surface area contributed by atoms with Gasteiger partial charge in [-0.2, -0.15) is 26.3 Å². The number of imidazole rings is 1. The summed E-state index contributed by atoms with van der Waals surface area (Å²) in [5.74, 6) is 0. The summed E-state index contributed by atoms with van der Waals surface area (Å²) in [7, 11) is 2.38. The highest BCUT2D eigenvalue weighted by molar-refractivity contribution is 8.00. The van der Waals surface area contributed by atoms with Crippen molar-refractivity contribution in [1.82, 2.24) is 14.5 Å². The maximum absolute atomic E-state index is 12.8. The average molecular weight is 434 g/mol. The molecule has 2 rings (SSSR count). The molecule has 2 aromatic rings. The third-order valence-corrected chi connectivity index (χ3v) is 4.28. The summed E-state index contributed by atoms with van der Waals surface area (Å²) >= 11 is -1.50. The van der Waals surface area contributed by atoms with Crippen LogP contribution in [0.4, 0.5) is 36.8 Å². The zero-order chi connectivity index (χ0) is 20.7. The van der Waals surface area contributed by atoms with E-state index >= 15 is 0 Å². The van der Waals surface area contributed by atoms with E-state index in [1.165, 1.54) is 14.1 Å². The standard InChI is InChI=1S/C12H8F6N4O3S2/c1-20(2)10(23)21-8-6(19-9(21)27-12(16,17)18)3-5(26-11(13,14)15)4-7(8)22(24)25/h3-4H,1-2H3. The lowest BCUT2D eigenvalue weighted by molar-refractivity contribution is -0.383. The molecule has 0 radical (unpaired) electrons. The molecule has 1 aromatic carbocycles. The van der Waals surface area contributed by atoms with Crippen LogP contribution in [0, 0.1) is 10.1 Å². The molecule has 27 heavy (non-hydrogen) atoms. The molecule has 0 aliphatic rings. The second-order valence-electron chi connectivity index (χ2n) is 5.07. The molecule has 148 valence electrons. The first-order valence-electron chi connectivity index (χ1n) is 6.63. The van der Waals surface area contributed by atoms with E-state index in [0.29, 0.717) is 10.6 Å². The lowest BCUT2D eigenvalue weighted by Gasteiger charge is -2.14. The van der Waals surface area contributed by atoms with Crippen molar-refractivity contribution in [2.75, 3.05) is 14.1 Å². The normalized spacial score (nSPS) is 12.4. The topological polar surface area (TPSA) is 81.3 Å². The number of alkyl halides is 6. The number of rotatable bonds is 3. The Morgan fingerprint density at radius 3 is 2.15 bits per heavy atom. The minimum atomic E-state index is -4.88. The molecule has 0 aliphatic heterocycles. The van der Waals surface area contributed by atoms with Crippen LogP contribution in [0.2, 0.25) is 0 Å². The number of halogens is 6. The Balaban J connectivity index is 2.83. The van der Waals surface area contributed by atoms with E-state index in [1.807, 2.05) is 0 Å². The van der Waals surface area contributed by atoms with Crippen LogP contribution in [-0.4, -0.2) is 50.5 Å². The van der Waals surface area contributed by atoms with Crippen molar-refractivity contribution in [1.29, 1.82) is 0 Å². The molecule has 7 nitrogen and oxygen atoms in total. The van der Waals surface area contributed by atoms with Gasteiger partial charge in [0.15, 0.2) is 10.7 Å². The smallest absolute Gasteiger partial charge is 0.330 e. The number of aromatic nitrogens is 2. The number of fused-ring (bicyclic) bond motifs is 1. The quantitative estimate of drug-likeness (QED) is 0.302. The predicted molar refractivity (Wildman–Crippen MR) is 84.7 cm³/mol. The summed E-state index contributed by atoms with van der Waals surface area (Å²) < 4.78 is 76.4. The highest BCUT2D eigenvalue weighted by Gasteiger charge is 2.37. The largest absolute Gasteiger partial charge is 0.449 e. The van der Waals surface area contributed by atoms with Gasteiger partial charge in [0, 0.05) is 36.8 Å². The Morgan fingerprint density at radius 2 is 1.70 bits per heavy atom. The lowest BCUT2D eigenvalue weighted by Crippen LogP contribution is -2.28. The molecule has 0 saturated heterocycles. The molecule has 0 N–H and O–H groups in total. The highest BCUT2D eigenvalue weighted by Crippen LogP contribution is 2.43. The number of hydrogen-bond donors (Lipinski definition) is 0. The summed E-state index contributed by atoms with van der Waals surface area (Å²) in [6.07, 6.45) is 0. The van der Waals surface area contributed by atoms with E-state index in [1.54, 1.807) is 0 Å². The number of hydrogen-bond acceptors (Lipinski definition) is 6. The SMILES string of the molecule is CN(C)C(=O)n1c(SC(F)(F)F)nc2cc(SC(F)(F)F)cc([N+](=O)[O-])c21. The first-order chi connectivity index (χ1) is 12.2. The molecule has 0 aliphatic carbocycles. The zero-order valence-electron chi connectivity index (χ0n) is 13.3. The second-order valence-corrected chi connectivity index (χ2v) is 7.24. The maximum Gasteiger partial charge on any atom is 0.449 e. The number of carbonyl (C=O) groups is 1. The Kier molecular flexibility index (Phi) is 5.56. The molecular formula is C12H8F6N4O3S2. The molecule has 1 aromatic heterocycles. The van der Waals surface area contributed by atoms with Crippen LogP contribution in [0.5, 0.6) is 0 Å². The molecule has 0 spiro atoms. The van der Waals surface area contributed by atoms with Crippen LogP contribution < -0.4 is 0 Å². The first-order valence-corrected chi connectivity index (χ1v) is 8.27. The van der Waals surface area contributed by atoms with Gasteiger partial charge in [-0.3, -0.25) is 10.1 Å². The van der Waals surface area contributed by atoms with Crippen molar-refractivity contribution in [3.63, 3.8) is 0 Å². The summed E-state index contributed by atoms with van der Waals surface area (Å²) in [5, 5.41) is 10.3. The van der Waals surface area contributed by atoms with Gasteiger partial charge in [-0.05, 0) is 17.8 Å². The van der Waals surface area contributed by atoms with Crippen molar-refractivity contribution < 1.29 is 36.1 Å². The number of nitro groups is 1. The Morgan fingerprint density at radius 1 is 1.15 bits per heavy atom. The summed E-state index contributed by atoms with van der Waals surface area (Å²) in [6.45, 7) is 0. The monoisotopic (exact) mass is 434 g/mol. The number of benzene rings is 1. The number of thioether (sulfide) groups is 2. The van der Waals surface area contributed by atoms with Gasteiger partial charge in [0.25, 0.3) is 5.69 Å². The summed E-state index contributed by atoms with van der Waals surface area (Å²) in [5.41, 5.74) is -11.8. The second kappa shape index (κ2) is 7.10. The van der Waals surface area contributed by atoms with Gasteiger partial charge < -0.3 is 4.90 Å². The van der Waals surface area contributed by atoms with Crippen molar-refractivity contribution in [3.05, 3.63) is 22.2 Å². The first kappa shape index (κ1) is 21.1. The minimum absolute atomic E-state index is 0.355. The molecule has 0 saturated carbocycles. The van der Waals surface area contributed by atoms with E-state index in [-0.39, 0.29) is 0 Å². The fourth-order valence-corrected chi connectivity index (χ4v) is 3.24. The Labute approximate surface area is 154 Å². The maximum atomic E-state index is 12.8. The molecular weight excluding hydrogens is 426 g/mol. The van der Waals surface area contributed by atoms with Crippen LogP contribution in [0.3, 0.4) is 0 Å². The summed E-state index contributed by atoms with van der Waals surface area (Å²) in [4.78, 5) is 26.2. The molecule has 0 bridgehead atoms. The van der Waals surface area contributed by atoms with Gasteiger partial charge in [0.05, 0.1) is 10.4 Å². The fourth-order valence-electron chi connectivity index (χ4n) is 2.02. The van der Waals surface area contributed by atoms with Gasteiger partial charge in [0.2, 0.25) is 0 Å². The minimum Gasteiger partial charge on any atom is -0.330 e. The zero-order valence-corrected chi connectivity index (χ0v) is 14.9. The van der Waals surface area contributed by atoms with Crippen LogP contribution in [0.25, 0.3) is 11.0 Å². The Bertz CT molecular complexity index is 909. The molecule has 0 unspecified atom stereocenters. The van der Waals surface area contributed by atoms with Crippen molar-refractivity contribution in [2.24, 2.45) is 0 Å². The predicted octanol–water partition coefficient (Wildman–Crippen LogP) is 4.70. The number of nitrogens with zero attached hydrogens (tertiary/aromatic N) is 4. The van der Waals surface area contributed by atoms with E-state index in [4.69, 9.17) is 0 Å². The molecule has 1 heterocycles. The number of non-ortho nitro benzene ring substituents is 1. The molecule has 1 amide bonds. The van der Waals surface area contributed by atoms with Gasteiger partial charge in [-0.15, -0.1) is 0 Å². The molecule has 0 fully saturated rings. The van der Waals surface area contributed by atoms with Gasteiger partial charge in [0.1, 0.15) is 0 Å². The Hall–Kier alpha value is -2.16. The summed E-state index contributed by atoms with van der Waals surface area (Å²) in [6, 6.07) is 0.188. The van der Waals surface area contributed by atoms with Crippen LogP contribution in [0.1, 0.15) is 0 Å². The third-order valence-electron chi connectivity index (χ3n) is 2.89. The lowest BCUT2D eigenvalue weighted by atomic mass is 10.2. The van der Waals surface area contributed by atoms with Gasteiger partial charge >= 0.3 is 17.0 Å². The van der Waals surface area contributed by atoms with E-state index in [0.717, 1.165) is 11.0 Å². The van der Waals surface area contributed by atoms with E-state index < -0.39 is 72.3 Å². The number of carbonyl (C=O) groups excluding carboxylic acids is 1. The van der Waals surface area contributed by atoms with Crippen molar-refractivity contribution in [2.45, 2.75) is 21.1 Å². The van der Waals surface area contributed by atoms with E-state index in [9.17, 15) is 41.3 Å². The number of nitro benzene ring substituents is 1. The average Bonchev–Trinajstić information content (AvgIpc) is 2.78. The number of amides is 1. The third kappa shape index (κ3) is 4.97. The van der Waals surface area contributed by atoms with Gasteiger partial charge in [-0.25, -0.2) is 14.3 Å². The van der Waals surface area contributed by atoms with Crippen molar-refractivity contribution in [3.8, 4) is 0 Å². The fraction of sp³-hybridized carbons (Fsp3) is 0.333. The molecule has 15 heteroatoms. The highest BCUT2D eigenvalue weighted by atomic mass is 32.2. The van der Waals surface area contributed by atoms with Crippen LogP contribution in [-0.2, 0) is 0 Å². The molecule has 0 atom stereocenters. The van der Waals surface area contributed by atoms with Gasteiger partial charge in [-0.1, -0.05) is 0 Å². The van der Waals surface area contributed by atoms with Crippen LogP contribution in [0.15, 0.2) is 22.2 Å².